The molecule has 0 aliphatic heterocycles. The fourth-order valence-electron chi connectivity index (χ4n) is 5.44. The van der Waals surface area contributed by atoms with Crippen molar-refractivity contribution in [1.82, 2.24) is 10.2 Å². The van der Waals surface area contributed by atoms with E-state index in [1.54, 1.807) is 24.3 Å². The summed E-state index contributed by atoms with van der Waals surface area (Å²) < 4.78 is 5.63. The maximum atomic E-state index is 13.4. The third kappa shape index (κ3) is 18.6. The van der Waals surface area contributed by atoms with Crippen LogP contribution in [0.15, 0.2) is 36.4 Å². The SMILES string of the molecule is CCCCCCCC(=O)CCCCCCC=C[C@H](C(=O)N[C@@H](Cc1ccc(OCC#CCN(CC)CC)cc1)C(=O)O)[C@@](O)(CC(=O)O)C(=O)O. The summed E-state index contributed by atoms with van der Waals surface area (Å²) in [5.74, 6) is -1.23. The zero-order valence-electron chi connectivity index (χ0n) is 30.5. The molecule has 0 aliphatic carbocycles. The lowest BCUT2D eigenvalue weighted by molar-refractivity contribution is -0.172. The lowest BCUT2D eigenvalue weighted by Gasteiger charge is -2.29. The monoisotopic (exact) mass is 714 g/mol. The average molecular weight is 715 g/mol. The maximum Gasteiger partial charge on any atom is 0.337 e. The van der Waals surface area contributed by atoms with Crippen LogP contribution >= 0.6 is 0 Å². The second-order valence-corrected chi connectivity index (χ2v) is 12.7. The summed E-state index contributed by atoms with van der Waals surface area (Å²) in [6.07, 6.45) is 11.2. The normalized spacial score (nSPS) is 13.5. The number of allylic oxidation sites excluding steroid dienone is 1. The summed E-state index contributed by atoms with van der Waals surface area (Å²) in [6.45, 7) is 8.87. The molecule has 12 nitrogen and oxygen atoms in total. The number of nitrogens with one attached hydrogen (secondary N) is 1. The van der Waals surface area contributed by atoms with Gasteiger partial charge >= 0.3 is 17.9 Å². The van der Waals surface area contributed by atoms with Gasteiger partial charge in [0.1, 0.15) is 24.2 Å². The van der Waals surface area contributed by atoms with Gasteiger partial charge in [-0.3, -0.25) is 19.3 Å². The number of rotatable bonds is 28. The summed E-state index contributed by atoms with van der Waals surface area (Å²) in [5.41, 5.74) is -2.50. The molecule has 0 saturated heterocycles. The number of amides is 1. The fraction of sp³-hybridized carbons (Fsp3) is 0.615. The van der Waals surface area contributed by atoms with Crippen molar-refractivity contribution in [3.05, 3.63) is 42.0 Å². The van der Waals surface area contributed by atoms with Crippen LogP contribution in [0.3, 0.4) is 0 Å². The molecule has 0 spiro atoms. The predicted octanol–water partition coefficient (Wildman–Crippen LogP) is 5.26. The Morgan fingerprint density at radius 1 is 0.863 bits per heavy atom. The third-order valence-corrected chi connectivity index (χ3v) is 8.66. The Morgan fingerprint density at radius 3 is 2.02 bits per heavy atom. The minimum atomic E-state index is -3.03. The average Bonchev–Trinajstić information content (AvgIpc) is 3.08. The predicted molar refractivity (Wildman–Crippen MR) is 194 cm³/mol. The molecule has 1 aromatic rings. The number of carboxylic acid groups (broad SMARTS) is 3. The van der Waals surface area contributed by atoms with Crippen molar-refractivity contribution in [3.8, 4) is 17.6 Å². The van der Waals surface area contributed by atoms with Crippen LogP contribution in [0.2, 0.25) is 0 Å². The van der Waals surface area contributed by atoms with E-state index in [9.17, 15) is 44.4 Å². The van der Waals surface area contributed by atoms with E-state index in [1.807, 2.05) is 0 Å². The molecule has 0 heterocycles. The molecule has 0 bridgehead atoms. The second-order valence-electron chi connectivity index (χ2n) is 12.7. The first kappa shape index (κ1) is 44.8. The number of ether oxygens (including phenoxy) is 1. The largest absolute Gasteiger partial charge is 0.481 e. The van der Waals surface area contributed by atoms with Crippen molar-refractivity contribution in [2.75, 3.05) is 26.2 Å². The van der Waals surface area contributed by atoms with Crippen molar-refractivity contribution in [2.45, 2.75) is 122 Å². The zero-order valence-corrected chi connectivity index (χ0v) is 30.5. The molecule has 0 fully saturated rings. The van der Waals surface area contributed by atoms with Crippen LogP contribution in [0, 0.1) is 17.8 Å². The van der Waals surface area contributed by atoms with E-state index >= 15 is 0 Å². The number of ketones is 1. The topological polar surface area (TPSA) is 191 Å². The number of carbonyl (C=O) groups is 5. The minimum Gasteiger partial charge on any atom is -0.481 e. The molecule has 0 aromatic heterocycles. The van der Waals surface area contributed by atoms with E-state index in [0.717, 1.165) is 64.1 Å². The Balaban J connectivity index is 2.83. The Labute approximate surface area is 302 Å². The molecule has 0 saturated carbocycles. The van der Waals surface area contributed by atoms with E-state index in [0.29, 0.717) is 43.5 Å². The molecule has 284 valence electrons. The van der Waals surface area contributed by atoms with Gasteiger partial charge in [-0.1, -0.05) is 95.4 Å². The van der Waals surface area contributed by atoms with Gasteiger partial charge < -0.3 is 30.5 Å². The lowest BCUT2D eigenvalue weighted by Crippen LogP contribution is -2.55. The molecule has 12 heteroatoms. The molecule has 0 unspecified atom stereocenters. The number of carboxylic acids is 3. The van der Waals surface area contributed by atoms with Gasteiger partial charge in [-0.2, -0.15) is 0 Å². The molecule has 3 atom stereocenters. The minimum absolute atomic E-state index is 0.173. The highest BCUT2D eigenvalue weighted by Crippen LogP contribution is 2.26. The lowest BCUT2D eigenvalue weighted by atomic mass is 9.82. The Hall–Kier alpha value is -4.21. The van der Waals surface area contributed by atoms with E-state index in [2.05, 4.69) is 42.8 Å². The van der Waals surface area contributed by atoms with Gasteiger partial charge in [-0.25, -0.2) is 9.59 Å². The van der Waals surface area contributed by atoms with Crippen LogP contribution < -0.4 is 10.1 Å². The summed E-state index contributed by atoms with van der Waals surface area (Å²) >= 11 is 0. The van der Waals surface area contributed by atoms with Gasteiger partial charge in [0, 0.05) is 19.3 Å². The molecule has 1 aromatic carbocycles. The Morgan fingerprint density at radius 2 is 1.47 bits per heavy atom. The quantitative estimate of drug-likeness (QED) is 0.0433. The summed E-state index contributed by atoms with van der Waals surface area (Å²) in [6, 6.07) is 5.02. The van der Waals surface area contributed by atoms with Gasteiger partial charge in [0.15, 0.2) is 5.60 Å². The number of nitrogens with zero attached hydrogens (tertiary/aromatic N) is 1. The van der Waals surface area contributed by atoms with Crippen LogP contribution in [-0.4, -0.2) is 92.8 Å². The highest BCUT2D eigenvalue weighted by Gasteiger charge is 2.49. The smallest absolute Gasteiger partial charge is 0.337 e. The molecule has 0 aliphatic rings. The maximum absolute atomic E-state index is 13.4. The highest BCUT2D eigenvalue weighted by molar-refractivity contribution is 5.94. The van der Waals surface area contributed by atoms with Crippen molar-refractivity contribution in [1.29, 1.82) is 0 Å². The third-order valence-electron chi connectivity index (χ3n) is 8.66. The van der Waals surface area contributed by atoms with Crippen molar-refractivity contribution in [3.63, 3.8) is 0 Å². The van der Waals surface area contributed by atoms with Crippen LogP contribution in [0.25, 0.3) is 0 Å². The standard InChI is InChI=1S/C39H58N2O10/c1-4-7-8-11-14-19-31(42)20-15-12-9-10-13-16-21-33(39(50,38(48)49)29-35(43)44)36(45)40-34(37(46)47)28-30-22-24-32(25-23-30)51-27-18-17-26-41(5-2)6-3/h16,21-25,33-34,50H,4-15,19-20,26-29H2,1-3H3,(H,40,45)(H,43,44)(H,46,47)(H,48,49)/t33-,34+,39+/m1/s1. The van der Waals surface area contributed by atoms with Gasteiger partial charge in [-0.15, -0.1) is 0 Å². The number of unbranched alkanes of at least 4 members (excludes halogenated alkanes) is 8. The van der Waals surface area contributed by atoms with E-state index < -0.39 is 47.8 Å². The molecule has 5 N–H and O–H groups in total. The molecule has 1 rings (SSSR count). The zero-order chi connectivity index (χ0) is 38.1. The van der Waals surface area contributed by atoms with Gasteiger partial charge in [0.25, 0.3) is 0 Å². The van der Waals surface area contributed by atoms with Crippen LogP contribution in [0.1, 0.15) is 110 Å². The number of aliphatic carboxylic acids is 3. The molecule has 0 radical (unpaired) electrons. The van der Waals surface area contributed by atoms with Crippen molar-refractivity contribution in [2.24, 2.45) is 5.92 Å². The van der Waals surface area contributed by atoms with E-state index in [-0.39, 0.29) is 18.8 Å². The van der Waals surface area contributed by atoms with E-state index in [1.165, 1.54) is 12.5 Å². The number of hydrogen-bond donors (Lipinski definition) is 5. The van der Waals surface area contributed by atoms with Gasteiger partial charge in [-0.05, 0) is 56.5 Å². The fourth-order valence-corrected chi connectivity index (χ4v) is 5.44. The summed E-state index contributed by atoms with van der Waals surface area (Å²) in [5, 5.41) is 42.2. The number of Topliss-reactive ketones (excluding diaryl/α,β-unsaturated/α-hetero) is 1. The Kier molecular flexibility index (Phi) is 22.6. The number of benzene rings is 1. The van der Waals surface area contributed by atoms with Crippen molar-refractivity contribution >= 4 is 29.6 Å². The van der Waals surface area contributed by atoms with Crippen LogP contribution in [0.5, 0.6) is 5.75 Å². The van der Waals surface area contributed by atoms with E-state index in [4.69, 9.17) is 4.74 Å². The highest BCUT2D eigenvalue weighted by atomic mass is 16.5. The Bertz CT molecular complexity index is 1310. The number of hydrogen-bond acceptors (Lipinski definition) is 8. The molecule has 51 heavy (non-hydrogen) atoms. The van der Waals surface area contributed by atoms with Crippen LogP contribution in [0.4, 0.5) is 0 Å². The second kappa shape index (κ2) is 25.7. The number of carbonyl (C=O) groups excluding carboxylic acids is 2. The van der Waals surface area contributed by atoms with Crippen LogP contribution in [-0.2, 0) is 30.4 Å². The first-order valence-corrected chi connectivity index (χ1v) is 18.2. The van der Waals surface area contributed by atoms with Gasteiger partial charge in [0.2, 0.25) is 5.91 Å². The first-order valence-electron chi connectivity index (χ1n) is 18.2. The van der Waals surface area contributed by atoms with Gasteiger partial charge in [0.05, 0.1) is 18.9 Å². The first-order chi connectivity index (χ1) is 24.4. The molecular formula is C39H58N2O10. The molecular weight excluding hydrogens is 656 g/mol. The molecule has 1 amide bonds. The van der Waals surface area contributed by atoms with Crippen molar-refractivity contribution < 1.29 is 49.1 Å². The summed E-state index contributed by atoms with van der Waals surface area (Å²) in [7, 11) is 0. The summed E-state index contributed by atoms with van der Waals surface area (Å²) in [4.78, 5) is 63.4. The number of aliphatic hydroxyl groups is 1.